The van der Waals surface area contributed by atoms with Crippen LogP contribution in [0.4, 0.5) is 0 Å². The molecule has 0 aliphatic rings. The zero-order valence-electron chi connectivity index (χ0n) is 11.3. The second-order valence-corrected chi connectivity index (χ2v) is 4.45. The molecule has 106 valence electrons. The summed E-state index contributed by atoms with van der Waals surface area (Å²) in [5.41, 5.74) is 0.858. The Morgan fingerprint density at radius 3 is 2.86 bits per heavy atom. The second-order valence-electron chi connectivity index (χ2n) is 4.45. The van der Waals surface area contributed by atoms with Crippen molar-refractivity contribution in [3.05, 3.63) is 54.5 Å². The molecule has 0 spiro atoms. The number of hydrogen-bond donors (Lipinski definition) is 2. The van der Waals surface area contributed by atoms with Crippen molar-refractivity contribution >= 4 is 5.91 Å². The second kappa shape index (κ2) is 5.58. The van der Waals surface area contributed by atoms with Crippen molar-refractivity contribution in [1.29, 1.82) is 0 Å². The van der Waals surface area contributed by atoms with Gasteiger partial charge in [-0.25, -0.2) is 4.98 Å². The Morgan fingerprint density at radius 2 is 2.14 bits per heavy atom. The Bertz CT molecular complexity index is 721. The number of carbonyl (C=O) groups is 1. The van der Waals surface area contributed by atoms with Gasteiger partial charge in [0.1, 0.15) is 5.82 Å². The first kappa shape index (κ1) is 13.0. The molecule has 7 nitrogen and oxygen atoms in total. The molecule has 0 saturated heterocycles. The predicted octanol–water partition coefficient (Wildman–Crippen LogP) is 1.95. The third-order valence-electron chi connectivity index (χ3n) is 2.94. The highest BCUT2D eigenvalue weighted by molar-refractivity contribution is 5.91. The molecule has 0 fully saturated rings. The molecule has 21 heavy (non-hydrogen) atoms. The molecule has 7 heteroatoms. The quantitative estimate of drug-likeness (QED) is 0.762. The van der Waals surface area contributed by atoms with Gasteiger partial charge in [0.2, 0.25) is 0 Å². The van der Waals surface area contributed by atoms with Crippen LogP contribution in [0.25, 0.3) is 11.4 Å². The molecule has 1 amide bonds. The van der Waals surface area contributed by atoms with E-state index in [4.69, 9.17) is 4.42 Å². The summed E-state index contributed by atoms with van der Waals surface area (Å²) in [6.45, 7) is 1.82. The fraction of sp³-hybridized carbons (Fsp3) is 0.143. The third-order valence-corrected chi connectivity index (χ3v) is 2.94. The minimum Gasteiger partial charge on any atom is -0.459 e. The van der Waals surface area contributed by atoms with Gasteiger partial charge in [-0.15, -0.1) is 0 Å². The maximum Gasteiger partial charge on any atom is 0.287 e. The Kier molecular flexibility index (Phi) is 3.46. The van der Waals surface area contributed by atoms with Crippen LogP contribution in [0.15, 0.2) is 47.3 Å². The van der Waals surface area contributed by atoms with E-state index < -0.39 is 0 Å². The summed E-state index contributed by atoms with van der Waals surface area (Å²) in [4.78, 5) is 20.2. The van der Waals surface area contributed by atoms with Crippen LogP contribution in [0, 0.1) is 0 Å². The van der Waals surface area contributed by atoms with E-state index in [0.29, 0.717) is 11.6 Å². The Labute approximate surface area is 120 Å². The van der Waals surface area contributed by atoms with E-state index >= 15 is 0 Å². The molecule has 0 aliphatic carbocycles. The van der Waals surface area contributed by atoms with Gasteiger partial charge >= 0.3 is 0 Å². The minimum atomic E-state index is -0.314. The van der Waals surface area contributed by atoms with Crippen molar-refractivity contribution in [2.45, 2.75) is 13.0 Å². The van der Waals surface area contributed by atoms with Crippen LogP contribution in [0.3, 0.4) is 0 Å². The lowest BCUT2D eigenvalue weighted by molar-refractivity contribution is 0.0910. The van der Waals surface area contributed by atoms with Crippen LogP contribution in [0.5, 0.6) is 0 Å². The third kappa shape index (κ3) is 2.81. The lowest BCUT2D eigenvalue weighted by Crippen LogP contribution is -2.27. The molecule has 0 aromatic carbocycles. The number of pyridine rings is 1. The van der Waals surface area contributed by atoms with Crippen LogP contribution in [0.1, 0.15) is 29.3 Å². The van der Waals surface area contributed by atoms with Gasteiger partial charge in [0.25, 0.3) is 5.91 Å². The molecule has 3 heterocycles. The molecule has 1 unspecified atom stereocenters. The van der Waals surface area contributed by atoms with E-state index in [9.17, 15) is 4.79 Å². The monoisotopic (exact) mass is 283 g/mol. The number of furan rings is 1. The molecule has 3 rings (SSSR count). The number of aromatic amines is 1. The predicted molar refractivity (Wildman–Crippen MR) is 74.2 cm³/mol. The van der Waals surface area contributed by atoms with E-state index in [0.717, 1.165) is 5.56 Å². The Balaban J connectivity index is 1.73. The lowest BCUT2D eigenvalue weighted by atomic mass is 10.2. The van der Waals surface area contributed by atoms with Crippen molar-refractivity contribution in [1.82, 2.24) is 25.5 Å². The summed E-state index contributed by atoms with van der Waals surface area (Å²) < 4.78 is 5.04. The van der Waals surface area contributed by atoms with Gasteiger partial charge in [-0.2, -0.15) is 5.10 Å². The molecule has 0 saturated carbocycles. The first-order chi connectivity index (χ1) is 10.2. The Morgan fingerprint density at radius 1 is 1.33 bits per heavy atom. The molecular weight excluding hydrogens is 270 g/mol. The van der Waals surface area contributed by atoms with Crippen molar-refractivity contribution in [2.24, 2.45) is 0 Å². The van der Waals surface area contributed by atoms with E-state index in [2.05, 4.69) is 25.5 Å². The zero-order chi connectivity index (χ0) is 14.7. The smallest absolute Gasteiger partial charge is 0.287 e. The average molecular weight is 283 g/mol. The number of amides is 1. The van der Waals surface area contributed by atoms with E-state index in [1.807, 2.05) is 19.1 Å². The maximum atomic E-state index is 11.9. The number of aromatic nitrogens is 4. The zero-order valence-corrected chi connectivity index (χ0v) is 11.3. The highest BCUT2D eigenvalue weighted by atomic mass is 16.3. The molecule has 0 bridgehead atoms. The van der Waals surface area contributed by atoms with E-state index in [-0.39, 0.29) is 17.7 Å². The number of rotatable bonds is 4. The normalized spacial score (nSPS) is 12.0. The van der Waals surface area contributed by atoms with Crippen molar-refractivity contribution < 1.29 is 9.21 Å². The molecule has 2 N–H and O–H groups in total. The summed E-state index contributed by atoms with van der Waals surface area (Å²) in [6, 6.07) is 6.59. The molecule has 0 aliphatic heterocycles. The highest BCUT2D eigenvalue weighted by Crippen LogP contribution is 2.16. The van der Waals surface area contributed by atoms with Crippen LogP contribution < -0.4 is 5.32 Å². The van der Waals surface area contributed by atoms with Gasteiger partial charge in [0.15, 0.2) is 11.6 Å². The van der Waals surface area contributed by atoms with Gasteiger partial charge in [0, 0.05) is 18.0 Å². The average Bonchev–Trinajstić information content (AvgIpc) is 3.20. The van der Waals surface area contributed by atoms with Crippen LogP contribution >= 0.6 is 0 Å². The lowest BCUT2D eigenvalue weighted by Gasteiger charge is -2.09. The topological polar surface area (TPSA) is 96.7 Å². The van der Waals surface area contributed by atoms with E-state index in [1.165, 1.54) is 6.26 Å². The van der Waals surface area contributed by atoms with Gasteiger partial charge < -0.3 is 9.73 Å². The molecule has 3 aromatic rings. The van der Waals surface area contributed by atoms with E-state index in [1.54, 1.807) is 24.5 Å². The summed E-state index contributed by atoms with van der Waals surface area (Å²) in [5, 5.41) is 9.75. The number of hydrogen-bond acceptors (Lipinski definition) is 5. The summed E-state index contributed by atoms with van der Waals surface area (Å²) >= 11 is 0. The van der Waals surface area contributed by atoms with Gasteiger partial charge in [-0.1, -0.05) is 0 Å². The van der Waals surface area contributed by atoms with Crippen LogP contribution in [0.2, 0.25) is 0 Å². The summed E-state index contributed by atoms with van der Waals surface area (Å²) in [7, 11) is 0. The maximum absolute atomic E-state index is 11.9. The van der Waals surface area contributed by atoms with Gasteiger partial charge in [-0.05, 0) is 31.2 Å². The number of H-pyrrole nitrogens is 1. The van der Waals surface area contributed by atoms with Gasteiger partial charge in [0.05, 0.1) is 12.3 Å². The first-order valence-corrected chi connectivity index (χ1v) is 6.41. The molecule has 1 atom stereocenters. The summed E-state index contributed by atoms with van der Waals surface area (Å²) in [5.74, 6) is 1.10. The number of nitrogens with zero attached hydrogens (tertiary/aromatic N) is 3. The number of carbonyl (C=O) groups excluding carboxylic acids is 1. The Hall–Kier alpha value is -2.96. The fourth-order valence-electron chi connectivity index (χ4n) is 1.84. The minimum absolute atomic E-state index is 0.260. The van der Waals surface area contributed by atoms with Crippen molar-refractivity contribution in [3.8, 4) is 11.4 Å². The molecule has 0 radical (unpaired) electrons. The van der Waals surface area contributed by atoms with Crippen LogP contribution in [-0.4, -0.2) is 26.1 Å². The molecular formula is C14H13N5O2. The largest absolute Gasteiger partial charge is 0.459 e. The van der Waals surface area contributed by atoms with Crippen molar-refractivity contribution in [2.75, 3.05) is 0 Å². The van der Waals surface area contributed by atoms with Crippen molar-refractivity contribution in [3.63, 3.8) is 0 Å². The number of nitrogens with one attached hydrogen (secondary N) is 2. The van der Waals surface area contributed by atoms with Gasteiger partial charge in [-0.3, -0.25) is 14.9 Å². The fourth-order valence-corrected chi connectivity index (χ4v) is 1.84. The SMILES string of the molecule is CC(NC(=O)c1ccco1)c1nc(-c2ccncc2)n[nH]1. The molecule has 3 aromatic heterocycles. The highest BCUT2D eigenvalue weighted by Gasteiger charge is 2.17. The standard InChI is InChI=1S/C14H13N5O2/c1-9(16-14(20)11-3-2-8-21-11)12-17-13(19-18-12)10-4-6-15-7-5-10/h2-9H,1H3,(H,16,20)(H,17,18,19). The summed E-state index contributed by atoms with van der Waals surface area (Å²) in [6.07, 6.45) is 4.80. The van der Waals surface area contributed by atoms with Crippen LogP contribution in [-0.2, 0) is 0 Å². The first-order valence-electron chi connectivity index (χ1n) is 6.41.